The lowest BCUT2D eigenvalue weighted by molar-refractivity contribution is 0.183. The van der Waals surface area contributed by atoms with Crippen molar-refractivity contribution in [2.24, 2.45) is 5.92 Å². The number of nitrogen functional groups attached to an aromatic ring is 1. The van der Waals surface area contributed by atoms with Gasteiger partial charge in [0.05, 0.1) is 6.10 Å². The minimum atomic E-state index is -0.272. The summed E-state index contributed by atoms with van der Waals surface area (Å²) in [6.45, 7) is 6.71. The van der Waals surface area contributed by atoms with Gasteiger partial charge in [-0.25, -0.2) is 0 Å². The topological polar surface area (TPSA) is 97.0 Å². The predicted molar refractivity (Wildman–Crippen MR) is 72.2 cm³/mol. The molecule has 1 rings (SSSR count). The number of aromatic nitrogens is 3. The minimum Gasteiger partial charge on any atom is -0.393 e. The molecule has 1 unspecified atom stereocenters. The third kappa shape index (κ3) is 5.77. The van der Waals surface area contributed by atoms with Gasteiger partial charge in [-0.2, -0.15) is 15.0 Å². The van der Waals surface area contributed by atoms with Crippen LogP contribution < -0.4 is 11.1 Å². The van der Waals surface area contributed by atoms with Crippen LogP contribution in [0.1, 0.15) is 39.4 Å². The standard InChI is InChI=1S/C12H23N5O/c1-8(2)7-10-15-11(13)17-12(16-10)14-6-4-5-9(3)18/h8-9,18H,4-7H2,1-3H3,(H3,13,14,15,16,17). The maximum Gasteiger partial charge on any atom is 0.227 e. The zero-order valence-corrected chi connectivity index (χ0v) is 11.3. The van der Waals surface area contributed by atoms with E-state index in [1.807, 2.05) is 0 Å². The van der Waals surface area contributed by atoms with Gasteiger partial charge in [0, 0.05) is 13.0 Å². The molecule has 0 aliphatic heterocycles. The molecule has 0 aliphatic rings. The van der Waals surface area contributed by atoms with Crippen LogP contribution >= 0.6 is 0 Å². The molecule has 0 aromatic carbocycles. The average Bonchev–Trinajstić information content (AvgIpc) is 2.22. The fraction of sp³-hybridized carbons (Fsp3) is 0.750. The third-order valence-corrected chi connectivity index (χ3v) is 2.37. The van der Waals surface area contributed by atoms with Crippen molar-refractivity contribution in [3.05, 3.63) is 5.82 Å². The van der Waals surface area contributed by atoms with Crippen molar-refractivity contribution in [2.45, 2.75) is 46.1 Å². The first-order chi connectivity index (χ1) is 8.47. The second kappa shape index (κ2) is 7.10. The summed E-state index contributed by atoms with van der Waals surface area (Å²) < 4.78 is 0. The molecule has 1 heterocycles. The summed E-state index contributed by atoms with van der Waals surface area (Å²) in [7, 11) is 0. The molecular weight excluding hydrogens is 230 g/mol. The van der Waals surface area contributed by atoms with Gasteiger partial charge in [0.15, 0.2) is 0 Å². The highest BCUT2D eigenvalue weighted by Gasteiger charge is 2.06. The monoisotopic (exact) mass is 253 g/mol. The summed E-state index contributed by atoms with van der Waals surface area (Å²) in [5, 5.41) is 12.2. The molecule has 0 amide bonds. The smallest absolute Gasteiger partial charge is 0.227 e. The van der Waals surface area contributed by atoms with Crippen LogP contribution in [-0.4, -0.2) is 32.7 Å². The molecule has 1 atom stereocenters. The van der Waals surface area contributed by atoms with E-state index < -0.39 is 0 Å². The molecule has 6 nitrogen and oxygen atoms in total. The zero-order chi connectivity index (χ0) is 13.5. The summed E-state index contributed by atoms with van der Waals surface area (Å²) in [5.74, 6) is 1.97. The maximum absolute atomic E-state index is 9.15. The first kappa shape index (κ1) is 14.6. The van der Waals surface area contributed by atoms with Gasteiger partial charge in [-0.3, -0.25) is 0 Å². The number of nitrogens with zero attached hydrogens (tertiary/aromatic N) is 3. The number of rotatable bonds is 7. The van der Waals surface area contributed by atoms with Crippen molar-refractivity contribution in [3.63, 3.8) is 0 Å². The van der Waals surface area contributed by atoms with E-state index in [1.165, 1.54) is 0 Å². The number of anilines is 2. The van der Waals surface area contributed by atoms with Gasteiger partial charge in [0.1, 0.15) is 5.82 Å². The van der Waals surface area contributed by atoms with Crippen molar-refractivity contribution in [1.82, 2.24) is 15.0 Å². The van der Waals surface area contributed by atoms with Gasteiger partial charge < -0.3 is 16.2 Å². The molecule has 0 aliphatic carbocycles. The highest BCUT2D eigenvalue weighted by Crippen LogP contribution is 2.08. The Morgan fingerprint density at radius 1 is 1.22 bits per heavy atom. The predicted octanol–water partition coefficient (Wildman–Crippen LogP) is 1.23. The first-order valence-corrected chi connectivity index (χ1v) is 6.39. The highest BCUT2D eigenvalue weighted by molar-refractivity contribution is 5.30. The Hall–Kier alpha value is -1.43. The Kier molecular flexibility index (Phi) is 5.77. The van der Waals surface area contributed by atoms with Crippen LogP contribution in [0.2, 0.25) is 0 Å². The van der Waals surface area contributed by atoms with Gasteiger partial charge in [-0.15, -0.1) is 0 Å². The van der Waals surface area contributed by atoms with Crippen LogP contribution in [0, 0.1) is 5.92 Å². The maximum atomic E-state index is 9.15. The van der Waals surface area contributed by atoms with Crippen molar-refractivity contribution in [3.8, 4) is 0 Å². The Balaban J connectivity index is 2.51. The van der Waals surface area contributed by atoms with Gasteiger partial charge in [0.25, 0.3) is 0 Å². The number of nitrogens with one attached hydrogen (secondary N) is 1. The largest absolute Gasteiger partial charge is 0.393 e. The molecule has 0 bridgehead atoms. The Bertz CT molecular complexity index is 367. The molecule has 4 N–H and O–H groups in total. The van der Waals surface area contributed by atoms with E-state index in [2.05, 4.69) is 34.1 Å². The summed E-state index contributed by atoms with van der Waals surface area (Å²) in [6, 6.07) is 0. The summed E-state index contributed by atoms with van der Waals surface area (Å²) in [5.41, 5.74) is 5.65. The second-order valence-electron chi connectivity index (χ2n) is 4.95. The number of aliphatic hydroxyl groups is 1. The molecule has 1 aromatic rings. The Morgan fingerprint density at radius 2 is 1.94 bits per heavy atom. The molecule has 6 heteroatoms. The summed E-state index contributed by atoms with van der Waals surface area (Å²) in [6.07, 6.45) is 2.14. The van der Waals surface area contributed by atoms with Crippen LogP contribution in [0.5, 0.6) is 0 Å². The molecule has 102 valence electrons. The van der Waals surface area contributed by atoms with Gasteiger partial charge in [0.2, 0.25) is 11.9 Å². The first-order valence-electron chi connectivity index (χ1n) is 6.39. The van der Waals surface area contributed by atoms with Crippen LogP contribution in [0.3, 0.4) is 0 Å². The van der Waals surface area contributed by atoms with Gasteiger partial charge >= 0.3 is 0 Å². The van der Waals surface area contributed by atoms with Crippen LogP contribution in [0.4, 0.5) is 11.9 Å². The normalized spacial score (nSPS) is 12.7. The molecule has 0 saturated carbocycles. The van der Waals surface area contributed by atoms with Crippen molar-refractivity contribution >= 4 is 11.9 Å². The van der Waals surface area contributed by atoms with E-state index >= 15 is 0 Å². The average molecular weight is 253 g/mol. The van der Waals surface area contributed by atoms with E-state index in [0.29, 0.717) is 11.9 Å². The van der Waals surface area contributed by atoms with Crippen molar-refractivity contribution < 1.29 is 5.11 Å². The number of nitrogens with two attached hydrogens (primary N) is 1. The quantitative estimate of drug-likeness (QED) is 0.632. The third-order valence-electron chi connectivity index (χ3n) is 2.37. The zero-order valence-electron chi connectivity index (χ0n) is 11.3. The van der Waals surface area contributed by atoms with E-state index in [-0.39, 0.29) is 12.1 Å². The van der Waals surface area contributed by atoms with Gasteiger partial charge in [-0.05, 0) is 25.7 Å². The summed E-state index contributed by atoms with van der Waals surface area (Å²) >= 11 is 0. The molecule has 0 fully saturated rings. The Labute approximate surface area is 108 Å². The molecule has 1 aromatic heterocycles. The minimum absolute atomic E-state index is 0.249. The SMILES string of the molecule is CC(C)Cc1nc(N)nc(NCCCC(C)O)n1. The number of hydrogen-bond acceptors (Lipinski definition) is 6. The molecule has 18 heavy (non-hydrogen) atoms. The van der Waals surface area contributed by atoms with E-state index in [9.17, 15) is 0 Å². The molecule has 0 radical (unpaired) electrons. The number of hydrogen-bond donors (Lipinski definition) is 3. The van der Waals surface area contributed by atoms with Crippen molar-refractivity contribution in [1.29, 1.82) is 0 Å². The highest BCUT2D eigenvalue weighted by atomic mass is 16.3. The Morgan fingerprint density at radius 3 is 2.56 bits per heavy atom. The van der Waals surface area contributed by atoms with Crippen LogP contribution in [-0.2, 0) is 6.42 Å². The van der Waals surface area contributed by atoms with E-state index in [1.54, 1.807) is 6.92 Å². The van der Waals surface area contributed by atoms with Crippen molar-refractivity contribution in [2.75, 3.05) is 17.6 Å². The lowest BCUT2D eigenvalue weighted by Crippen LogP contribution is -2.13. The fourth-order valence-electron chi connectivity index (χ4n) is 1.57. The van der Waals surface area contributed by atoms with Gasteiger partial charge in [-0.1, -0.05) is 13.8 Å². The summed E-state index contributed by atoms with van der Waals surface area (Å²) in [4.78, 5) is 12.5. The lowest BCUT2D eigenvalue weighted by atomic mass is 10.1. The molecular formula is C12H23N5O. The molecule has 0 spiro atoms. The second-order valence-corrected chi connectivity index (χ2v) is 4.95. The van der Waals surface area contributed by atoms with Crippen LogP contribution in [0.15, 0.2) is 0 Å². The fourth-order valence-corrected chi connectivity index (χ4v) is 1.57. The van der Waals surface area contributed by atoms with E-state index in [0.717, 1.165) is 31.6 Å². The van der Waals surface area contributed by atoms with E-state index in [4.69, 9.17) is 10.8 Å². The molecule has 0 saturated heterocycles. The lowest BCUT2D eigenvalue weighted by Gasteiger charge is -2.09. The number of aliphatic hydroxyl groups excluding tert-OH is 1. The van der Waals surface area contributed by atoms with Crippen LogP contribution in [0.25, 0.3) is 0 Å².